The van der Waals surface area contributed by atoms with E-state index >= 15 is 0 Å². The zero-order valence-corrected chi connectivity index (χ0v) is 12.7. The normalized spacial score (nSPS) is 16.0. The number of ether oxygens (including phenoxy) is 1. The van der Waals surface area contributed by atoms with Crippen molar-refractivity contribution in [3.8, 4) is 0 Å². The number of methoxy groups -OCH3 is 1. The summed E-state index contributed by atoms with van der Waals surface area (Å²) in [5.41, 5.74) is 0.539. The molecule has 0 radical (unpaired) electrons. The Morgan fingerprint density at radius 2 is 1.95 bits per heavy atom. The van der Waals surface area contributed by atoms with Crippen LogP contribution in [0.15, 0.2) is 12.4 Å². The number of nitrogens with zero attached hydrogens (tertiary/aromatic N) is 4. The topological polar surface area (TPSA) is 70.6 Å². The second-order valence-electron chi connectivity index (χ2n) is 4.94. The lowest BCUT2D eigenvalue weighted by Gasteiger charge is -2.33. The van der Waals surface area contributed by atoms with Crippen LogP contribution < -0.4 is 5.32 Å². The Hall–Kier alpha value is -1.73. The SMILES string of the molecule is CCN1CCN(C(=O)c2cnc(NCCOC)nc2)CC1. The van der Waals surface area contributed by atoms with Gasteiger partial charge in [0, 0.05) is 52.2 Å². The van der Waals surface area contributed by atoms with Crippen molar-refractivity contribution in [3.05, 3.63) is 18.0 Å². The summed E-state index contributed by atoms with van der Waals surface area (Å²) in [4.78, 5) is 24.9. The maximum atomic E-state index is 12.4. The first-order chi connectivity index (χ1) is 10.2. The lowest BCUT2D eigenvalue weighted by molar-refractivity contribution is 0.0642. The molecule has 7 heteroatoms. The molecule has 0 unspecified atom stereocenters. The van der Waals surface area contributed by atoms with Gasteiger partial charge in [-0.3, -0.25) is 4.79 Å². The van der Waals surface area contributed by atoms with E-state index in [2.05, 4.69) is 27.1 Å². The predicted octanol–water partition coefficient (Wildman–Crippen LogP) is 0.313. The Labute approximate surface area is 125 Å². The van der Waals surface area contributed by atoms with Crippen LogP contribution in [0.1, 0.15) is 17.3 Å². The van der Waals surface area contributed by atoms with E-state index in [1.165, 1.54) is 0 Å². The largest absolute Gasteiger partial charge is 0.383 e. The summed E-state index contributed by atoms with van der Waals surface area (Å²) < 4.78 is 4.94. The number of anilines is 1. The van der Waals surface area contributed by atoms with Crippen LogP contribution in [0, 0.1) is 0 Å². The van der Waals surface area contributed by atoms with Crippen molar-refractivity contribution in [1.29, 1.82) is 0 Å². The van der Waals surface area contributed by atoms with Crippen molar-refractivity contribution in [2.24, 2.45) is 0 Å². The number of hydrogen-bond acceptors (Lipinski definition) is 6. The van der Waals surface area contributed by atoms with E-state index in [0.717, 1.165) is 32.7 Å². The molecule has 0 bridgehead atoms. The van der Waals surface area contributed by atoms with Crippen molar-refractivity contribution in [3.63, 3.8) is 0 Å². The first kappa shape index (κ1) is 15.7. The molecule has 7 nitrogen and oxygen atoms in total. The van der Waals surface area contributed by atoms with Gasteiger partial charge in [0.05, 0.1) is 12.2 Å². The molecule has 0 aromatic carbocycles. The molecule has 116 valence electrons. The third-order valence-corrected chi connectivity index (χ3v) is 3.59. The zero-order valence-electron chi connectivity index (χ0n) is 12.7. The van der Waals surface area contributed by atoms with Crippen LogP contribution in [0.3, 0.4) is 0 Å². The Bertz CT molecular complexity index is 443. The van der Waals surface area contributed by atoms with Gasteiger partial charge in [0.15, 0.2) is 0 Å². The number of piperazine rings is 1. The van der Waals surface area contributed by atoms with Crippen molar-refractivity contribution < 1.29 is 9.53 Å². The molecule has 1 aromatic heterocycles. The van der Waals surface area contributed by atoms with E-state index < -0.39 is 0 Å². The molecule has 0 saturated carbocycles. The molecule has 2 rings (SSSR count). The van der Waals surface area contributed by atoms with Crippen molar-refractivity contribution in [2.75, 3.05) is 58.3 Å². The van der Waals surface area contributed by atoms with E-state index in [4.69, 9.17) is 4.74 Å². The molecule has 0 spiro atoms. The fourth-order valence-corrected chi connectivity index (χ4v) is 2.24. The van der Waals surface area contributed by atoms with Crippen LogP contribution in [0.2, 0.25) is 0 Å². The van der Waals surface area contributed by atoms with Gasteiger partial charge in [0.2, 0.25) is 5.95 Å². The molecule has 1 fully saturated rings. The molecule has 0 aliphatic carbocycles. The van der Waals surface area contributed by atoms with Gasteiger partial charge in [-0.1, -0.05) is 6.92 Å². The van der Waals surface area contributed by atoms with Crippen molar-refractivity contribution >= 4 is 11.9 Å². The lowest BCUT2D eigenvalue weighted by atomic mass is 10.2. The standard InChI is InChI=1S/C14H23N5O2/c1-3-18-5-7-19(8-6-18)13(20)12-10-16-14(17-11-12)15-4-9-21-2/h10-11H,3-9H2,1-2H3,(H,15,16,17). The smallest absolute Gasteiger partial charge is 0.257 e. The monoisotopic (exact) mass is 293 g/mol. The fourth-order valence-electron chi connectivity index (χ4n) is 2.24. The molecular weight excluding hydrogens is 270 g/mol. The molecule has 1 N–H and O–H groups in total. The summed E-state index contributed by atoms with van der Waals surface area (Å²) in [6.45, 7) is 7.79. The second kappa shape index (κ2) is 7.90. The lowest BCUT2D eigenvalue weighted by Crippen LogP contribution is -2.48. The first-order valence-electron chi connectivity index (χ1n) is 7.31. The predicted molar refractivity (Wildman–Crippen MR) is 80.4 cm³/mol. The summed E-state index contributed by atoms with van der Waals surface area (Å²) in [5, 5.41) is 3.03. The number of rotatable bonds is 6. The van der Waals surface area contributed by atoms with E-state index in [-0.39, 0.29) is 5.91 Å². The molecule has 1 aliphatic rings. The number of aromatic nitrogens is 2. The Balaban J connectivity index is 1.88. The van der Waals surface area contributed by atoms with Gasteiger partial charge in [-0.15, -0.1) is 0 Å². The van der Waals surface area contributed by atoms with Gasteiger partial charge in [-0.2, -0.15) is 0 Å². The van der Waals surface area contributed by atoms with Crippen LogP contribution in [0.25, 0.3) is 0 Å². The summed E-state index contributed by atoms with van der Waals surface area (Å²) in [6, 6.07) is 0. The zero-order chi connectivity index (χ0) is 15.1. The van der Waals surface area contributed by atoms with Gasteiger partial charge in [-0.05, 0) is 6.54 Å². The number of carbonyl (C=O) groups excluding carboxylic acids is 1. The minimum atomic E-state index is 0.00851. The third kappa shape index (κ3) is 4.37. The molecule has 1 aliphatic heterocycles. The molecule has 1 saturated heterocycles. The van der Waals surface area contributed by atoms with Crippen molar-refractivity contribution in [1.82, 2.24) is 19.8 Å². The Kier molecular flexibility index (Phi) is 5.89. The highest BCUT2D eigenvalue weighted by Crippen LogP contribution is 2.08. The minimum Gasteiger partial charge on any atom is -0.383 e. The number of likely N-dealkylation sites (N-methyl/N-ethyl adjacent to an activating group) is 1. The summed E-state index contributed by atoms with van der Waals surface area (Å²) >= 11 is 0. The maximum absolute atomic E-state index is 12.4. The molecular formula is C14H23N5O2. The van der Waals surface area contributed by atoms with E-state index in [0.29, 0.717) is 24.7 Å². The number of nitrogens with one attached hydrogen (secondary N) is 1. The van der Waals surface area contributed by atoms with Gasteiger partial charge in [-0.25, -0.2) is 9.97 Å². The third-order valence-electron chi connectivity index (χ3n) is 3.59. The van der Waals surface area contributed by atoms with Crippen molar-refractivity contribution in [2.45, 2.75) is 6.92 Å². The molecule has 2 heterocycles. The van der Waals surface area contributed by atoms with Gasteiger partial charge >= 0.3 is 0 Å². The van der Waals surface area contributed by atoms with Crippen LogP contribution in [-0.4, -0.2) is 78.7 Å². The fraction of sp³-hybridized carbons (Fsp3) is 0.643. The molecule has 1 aromatic rings. The molecule has 0 atom stereocenters. The van der Waals surface area contributed by atoms with Crippen LogP contribution in [0.5, 0.6) is 0 Å². The summed E-state index contributed by atoms with van der Waals surface area (Å²) in [7, 11) is 1.64. The van der Waals surface area contributed by atoms with Crippen LogP contribution in [-0.2, 0) is 4.74 Å². The Morgan fingerprint density at radius 1 is 1.29 bits per heavy atom. The quantitative estimate of drug-likeness (QED) is 0.761. The summed E-state index contributed by atoms with van der Waals surface area (Å²) in [5.74, 6) is 0.522. The van der Waals surface area contributed by atoms with E-state index in [9.17, 15) is 4.79 Å². The van der Waals surface area contributed by atoms with Gasteiger partial charge in [0.25, 0.3) is 5.91 Å². The highest BCUT2D eigenvalue weighted by Gasteiger charge is 2.21. The van der Waals surface area contributed by atoms with Gasteiger partial charge in [0.1, 0.15) is 0 Å². The minimum absolute atomic E-state index is 0.00851. The van der Waals surface area contributed by atoms with E-state index in [1.54, 1.807) is 19.5 Å². The Morgan fingerprint density at radius 3 is 2.52 bits per heavy atom. The highest BCUT2D eigenvalue weighted by atomic mass is 16.5. The second-order valence-corrected chi connectivity index (χ2v) is 4.94. The van der Waals surface area contributed by atoms with Crippen LogP contribution >= 0.6 is 0 Å². The van der Waals surface area contributed by atoms with E-state index in [1.807, 2.05) is 4.90 Å². The molecule has 1 amide bonds. The number of carbonyl (C=O) groups is 1. The maximum Gasteiger partial charge on any atom is 0.257 e. The average molecular weight is 293 g/mol. The highest BCUT2D eigenvalue weighted by molar-refractivity contribution is 5.93. The summed E-state index contributed by atoms with van der Waals surface area (Å²) in [6.07, 6.45) is 3.16. The molecule has 21 heavy (non-hydrogen) atoms. The average Bonchev–Trinajstić information content (AvgIpc) is 2.55. The number of amides is 1. The van der Waals surface area contributed by atoms with Crippen LogP contribution in [0.4, 0.5) is 5.95 Å². The number of hydrogen-bond donors (Lipinski definition) is 1. The van der Waals surface area contributed by atoms with Gasteiger partial charge < -0.3 is 19.9 Å². The first-order valence-corrected chi connectivity index (χ1v) is 7.31.